The molecule has 0 fully saturated rings. The zero-order valence-corrected chi connectivity index (χ0v) is 13.3. The van der Waals surface area contributed by atoms with Gasteiger partial charge in [0, 0.05) is 12.6 Å². The van der Waals surface area contributed by atoms with Gasteiger partial charge in [-0.25, -0.2) is 0 Å². The Balaban J connectivity index is 2.09. The third-order valence-electron chi connectivity index (χ3n) is 3.39. The molecule has 1 heterocycles. The second kappa shape index (κ2) is 7.14. The highest BCUT2D eigenvalue weighted by Crippen LogP contribution is 2.29. The summed E-state index contributed by atoms with van der Waals surface area (Å²) in [5.41, 5.74) is 1.11. The molecule has 0 saturated heterocycles. The fraction of sp³-hybridized carbons (Fsp3) is 0.467. The largest absolute Gasteiger partial charge is 0.508 e. The molecule has 0 amide bonds. The highest BCUT2D eigenvalue weighted by molar-refractivity contribution is 14.1. The van der Waals surface area contributed by atoms with Crippen molar-refractivity contribution in [3.05, 3.63) is 33.9 Å². The van der Waals surface area contributed by atoms with Crippen molar-refractivity contribution in [2.75, 3.05) is 19.7 Å². The fourth-order valence-corrected chi connectivity index (χ4v) is 2.71. The lowest BCUT2D eigenvalue weighted by Crippen LogP contribution is -2.43. The molecule has 2 rings (SSSR count). The average Bonchev–Trinajstić information content (AvgIpc) is 2.42. The lowest BCUT2D eigenvalue weighted by Gasteiger charge is -2.34. The van der Waals surface area contributed by atoms with Crippen molar-refractivity contribution in [3.63, 3.8) is 0 Å². The van der Waals surface area contributed by atoms with Gasteiger partial charge < -0.3 is 9.84 Å². The Morgan fingerprint density at radius 3 is 3.11 bits per heavy atom. The molecule has 0 aliphatic carbocycles. The Kier molecular flexibility index (Phi) is 5.51. The van der Waals surface area contributed by atoms with Crippen LogP contribution in [0.2, 0.25) is 0 Å². The fourth-order valence-electron chi connectivity index (χ4n) is 2.48. The predicted molar refractivity (Wildman–Crippen MR) is 86.1 cm³/mol. The van der Waals surface area contributed by atoms with Crippen LogP contribution < -0.4 is 4.74 Å². The van der Waals surface area contributed by atoms with Gasteiger partial charge in [0.05, 0.1) is 0 Å². The number of halogens is 1. The van der Waals surface area contributed by atoms with Crippen molar-refractivity contribution >= 4 is 22.6 Å². The Morgan fingerprint density at radius 1 is 1.53 bits per heavy atom. The molecule has 0 spiro atoms. The van der Waals surface area contributed by atoms with Crippen LogP contribution in [0.25, 0.3) is 0 Å². The maximum Gasteiger partial charge on any atom is 0.122 e. The van der Waals surface area contributed by atoms with Crippen molar-refractivity contribution in [2.24, 2.45) is 0 Å². The normalized spacial score (nSPS) is 18.6. The van der Waals surface area contributed by atoms with Crippen LogP contribution in [0.5, 0.6) is 11.5 Å². The van der Waals surface area contributed by atoms with Gasteiger partial charge in [0.1, 0.15) is 18.1 Å². The quantitative estimate of drug-likeness (QED) is 0.804. The molecular formula is C15H20INO2. The van der Waals surface area contributed by atoms with Gasteiger partial charge in [0.15, 0.2) is 0 Å². The third-order valence-corrected chi connectivity index (χ3v) is 3.90. The minimum atomic E-state index is 0.317. The summed E-state index contributed by atoms with van der Waals surface area (Å²) in [6, 6.07) is 5.75. The SMILES string of the molecule is CCCN(C/C=C/I)[C@H]1COc2ccc(O)cc2C1. The topological polar surface area (TPSA) is 32.7 Å². The van der Waals surface area contributed by atoms with E-state index < -0.39 is 0 Å². The van der Waals surface area contributed by atoms with Crippen LogP contribution in [0, 0.1) is 0 Å². The van der Waals surface area contributed by atoms with Crippen LogP contribution in [-0.4, -0.2) is 35.7 Å². The van der Waals surface area contributed by atoms with Crippen LogP contribution in [0.3, 0.4) is 0 Å². The number of nitrogens with zero attached hydrogens (tertiary/aromatic N) is 1. The van der Waals surface area contributed by atoms with Crippen LogP contribution in [0.1, 0.15) is 18.9 Å². The summed E-state index contributed by atoms with van der Waals surface area (Å²) in [6.45, 7) is 4.96. The van der Waals surface area contributed by atoms with Gasteiger partial charge in [0.25, 0.3) is 0 Å². The summed E-state index contributed by atoms with van der Waals surface area (Å²) in [5, 5.41) is 9.58. The summed E-state index contributed by atoms with van der Waals surface area (Å²) >= 11 is 2.25. The molecule has 0 saturated carbocycles. The number of rotatable bonds is 5. The van der Waals surface area contributed by atoms with E-state index in [1.165, 1.54) is 0 Å². The monoisotopic (exact) mass is 373 g/mol. The van der Waals surface area contributed by atoms with Crippen molar-refractivity contribution < 1.29 is 9.84 Å². The van der Waals surface area contributed by atoms with Crippen LogP contribution >= 0.6 is 22.6 Å². The predicted octanol–water partition coefficient (Wildman–Crippen LogP) is 3.36. The van der Waals surface area contributed by atoms with Gasteiger partial charge in [-0.1, -0.05) is 35.6 Å². The van der Waals surface area contributed by atoms with E-state index in [1.54, 1.807) is 6.07 Å². The van der Waals surface area contributed by atoms with E-state index in [4.69, 9.17) is 4.74 Å². The highest BCUT2D eigenvalue weighted by atomic mass is 127. The summed E-state index contributed by atoms with van der Waals surface area (Å²) in [7, 11) is 0. The zero-order valence-electron chi connectivity index (χ0n) is 11.2. The van der Waals surface area contributed by atoms with Gasteiger partial charge >= 0.3 is 0 Å². The number of aromatic hydroxyl groups is 1. The molecule has 1 aromatic carbocycles. The van der Waals surface area contributed by atoms with Gasteiger partial charge in [-0.2, -0.15) is 0 Å². The zero-order chi connectivity index (χ0) is 13.7. The lowest BCUT2D eigenvalue weighted by atomic mass is 10.0. The van der Waals surface area contributed by atoms with Crippen LogP contribution in [0.15, 0.2) is 28.4 Å². The summed E-state index contributed by atoms with van der Waals surface area (Å²) < 4.78 is 7.88. The Morgan fingerprint density at radius 2 is 2.37 bits per heavy atom. The average molecular weight is 373 g/mol. The highest BCUT2D eigenvalue weighted by Gasteiger charge is 2.24. The first-order chi connectivity index (χ1) is 9.24. The molecule has 3 nitrogen and oxygen atoms in total. The first-order valence-electron chi connectivity index (χ1n) is 6.68. The minimum Gasteiger partial charge on any atom is -0.508 e. The molecule has 0 bridgehead atoms. The van der Waals surface area contributed by atoms with E-state index in [1.807, 2.05) is 12.1 Å². The van der Waals surface area contributed by atoms with E-state index in [2.05, 4.69) is 44.6 Å². The molecular weight excluding hydrogens is 353 g/mol. The number of phenolic OH excluding ortho intramolecular Hbond substituents is 1. The van der Waals surface area contributed by atoms with E-state index in [0.717, 1.165) is 43.9 Å². The van der Waals surface area contributed by atoms with E-state index in [9.17, 15) is 5.11 Å². The lowest BCUT2D eigenvalue weighted by molar-refractivity contribution is 0.130. The minimum absolute atomic E-state index is 0.317. The molecule has 1 aliphatic heterocycles. The third kappa shape index (κ3) is 3.86. The number of fused-ring (bicyclic) bond motifs is 1. The molecule has 0 aromatic heterocycles. The summed E-state index contributed by atoms with van der Waals surface area (Å²) in [5.74, 6) is 1.23. The van der Waals surface area contributed by atoms with Gasteiger partial charge in [-0.3, -0.25) is 4.90 Å². The second-order valence-corrected chi connectivity index (χ2v) is 5.54. The van der Waals surface area contributed by atoms with E-state index in [-0.39, 0.29) is 0 Å². The second-order valence-electron chi connectivity index (χ2n) is 4.82. The van der Waals surface area contributed by atoms with Crippen molar-refractivity contribution in [2.45, 2.75) is 25.8 Å². The number of benzene rings is 1. The van der Waals surface area contributed by atoms with Crippen molar-refractivity contribution in [1.29, 1.82) is 0 Å². The number of ether oxygens (including phenoxy) is 1. The Bertz CT molecular complexity index is 448. The molecule has 1 aromatic rings. The molecule has 1 atom stereocenters. The van der Waals surface area contributed by atoms with Gasteiger partial charge in [-0.15, -0.1) is 0 Å². The summed E-state index contributed by atoms with van der Waals surface area (Å²) in [4.78, 5) is 2.45. The smallest absolute Gasteiger partial charge is 0.122 e. The van der Waals surface area contributed by atoms with E-state index in [0.29, 0.717) is 11.8 Å². The molecule has 1 N–H and O–H groups in total. The number of hydrogen-bond acceptors (Lipinski definition) is 3. The maximum absolute atomic E-state index is 9.58. The standard InChI is InChI=1S/C15H20INO2/c1-2-7-17(8-3-6-16)13-9-12-10-14(18)4-5-15(12)19-11-13/h3-6,10,13,18H,2,7-9,11H2,1H3/b6-3+/t13-/m1/s1. The van der Waals surface area contributed by atoms with Crippen LogP contribution in [-0.2, 0) is 6.42 Å². The molecule has 0 unspecified atom stereocenters. The molecule has 0 radical (unpaired) electrons. The Hall–Kier alpha value is -0.750. The van der Waals surface area contributed by atoms with Crippen molar-refractivity contribution in [1.82, 2.24) is 4.90 Å². The molecule has 1 aliphatic rings. The van der Waals surface area contributed by atoms with Crippen molar-refractivity contribution in [3.8, 4) is 11.5 Å². The van der Waals surface area contributed by atoms with Crippen LogP contribution in [0.4, 0.5) is 0 Å². The van der Waals surface area contributed by atoms with Gasteiger partial charge in [0.2, 0.25) is 0 Å². The molecule has 19 heavy (non-hydrogen) atoms. The first-order valence-corrected chi connectivity index (χ1v) is 7.93. The maximum atomic E-state index is 9.58. The molecule has 4 heteroatoms. The Labute approximate surface area is 128 Å². The van der Waals surface area contributed by atoms with Gasteiger partial charge in [-0.05, 0) is 47.2 Å². The number of phenols is 1. The molecule has 104 valence electrons. The summed E-state index contributed by atoms with van der Waals surface area (Å²) in [6.07, 6.45) is 4.26. The number of hydrogen-bond donors (Lipinski definition) is 1. The van der Waals surface area contributed by atoms with E-state index >= 15 is 0 Å². The first kappa shape index (κ1) is 14.7.